The number of likely N-dealkylation sites (N-methyl/N-ethyl adjacent to an activating group) is 2. The number of aliphatic imine (C=N–C) groups is 1. The highest BCUT2D eigenvalue weighted by molar-refractivity contribution is 6.24. The van der Waals surface area contributed by atoms with Gasteiger partial charge in [0.05, 0.1) is 32.2 Å². The average Bonchev–Trinajstić information content (AvgIpc) is 3.24. The van der Waals surface area contributed by atoms with E-state index in [0.29, 0.717) is 28.6 Å². The Balaban J connectivity index is 1.73. The van der Waals surface area contributed by atoms with E-state index in [9.17, 15) is 9.59 Å². The summed E-state index contributed by atoms with van der Waals surface area (Å²) in [5.74, 6) is 0.250. The summed E-state index contributed by atoms with van der Waals surface area (Å²) in [6.45, 7) is 2.96. The molecule has 1 atom stereocenters. The maximum atomic E-state index is 13.2. The fraction of sp³-hybridized carbons (Fsp3) is 0.250. The third-order valence-corrected chi connectivity index (χ3v) is 6.12. The van der Waals surface area contributed by atoms with Gasteiger partial charge in [0.25, 0.3) is 0 Å². The number of hydrogen-bond donors (Lipinski definition) is 2. The van der Waals surface area contributed by atoms with Crippen molar-refractivity contribution in [1.82, 2.24) is 5.32 Å². The predicted octanol–water partition coefficient (Wildman–Crippen LogP) is 4.13. The van der Waals surface area contributed by atoms with Crippen LogP contribution >= 0.6 is 0 Å². The van der Waals surface area contributed by atoms with E-state index in [4.69, 9.17) is 14.5 Å². The van der Waals surface area contributed by atoms with Crippen molar-refractivity contribution in [1.29, 1.82) is 0 Å². The average molecular weight is 487 g/mol. The smallest absolute Gasteiger partial charge is 0.240 e. The third kappa shape index (κ3) is 5.08. The van der Waals surface area contributed by atoms with Gasteiger partial charge in [-0.25, -0.2) is 0 Å². The number of carbonyl (C=O) groups is 2. The molecule has 0 radical (unpaired) electrons. The molecule has 0 saturated carbocycles. The molecule has 2 N–H and O–H groups in total. The van der Waals surface area contributed by atoms with Gasteiger partial charge in [-0.2, -0.15) is 0 Å². The Morgan fingerprint density at radius 3 is 2.33 bits per heavy atom. The lowest BCUT2D eigenvalue weighted by atomic mass is 9.90. The Kier molecular flexibility index (Phi) is 7.65. The number of nitrogens with zero attached hydrogens (tertiary/aromatic N) is 2. The number of nitrogens with one attached hydrogen (secondary N) is 2. The normalized spacial score (nSPS) is 14.7. The summed E-state index contributed by atoms with van der Waals surface area (Å²) < 4.78 is 10.9. The van der Waals surface area contributed by atoms with E-state index in [1.807, 2.05) is 67.6 Å². The molecule has 36 heavy (non-hydrogen) atoms. The number of fused-ring (bicyclic) bond motifs is 1. The zero-order valence-electron chi connectivity index (χ0n) is 20.9. The van der Waals surface area contributed by atoms with Crippen LogP contribution < -0.4 is 25.0 Å². The molecule has 0 fully saturated rings. The lowest BCUT2D eigenvalue weighted by molar-refractivity contribution is -0.117. The lowest BCUT2D eigenvalue weighted by Gasteiger charge is -2.18. The number of benzene rings is 3. The van der Waals surface area contributed by atoms with Crippen LogP contribution in [0.2, 0.25) is 0 Å². The molecule has 1 unspecified atom stereocenters. The lowest BCUT2D eigenvalue weighted by Crippen LogP contribution is -2.35. The highest BCUT2D eigenvalue weighted by Gasteiger charge is 2.36. The second-order valence-electron chi connectivity index (χ2n) is 8.33. The first-order valence-electron chi connectivity index (χ1n) is 11.7. The first kappa shape index (κ1) is 24.9. The maximum absolute atomic E-state index is 13.2. The van der Waals surface area contributed by atoms with Crippen LogP contribution in [0, 0.1) is 0 Å². The van der Waals surface area contributed by atoms with Gasteiger partial charge in [-0.3, -0.25) is 14.6 Å². The van der Waals surface area contributed by atoms with E-state index >= 15 is 0 Å². The first-order valence-corrected chi connectivity index (χ1v) is 11.7. The number of carbonyl (C=O) groups excluding carboxylic acids is 2. The Bertz CT molecular complexity index is 1270. The summed E-state index contributed by atoms with van der Waals surface area (Å²) in [6.07, 6.45) is 0. The van der Waals surface area contributed by atoms with Gasteiger partial charge in [0.2, 0.25) is 11.8 Å². The zero-order chi connectivity index (χ0) is 25.7. The van der Waals surface area contributed by atoms with Gasteiger partial charge < -0.3 is 25.0 Å². The number of ether oxygens (including phenoxy) is 2. The van der Waals surface area contributed by atoms with Crippen molar-refractivity contribution in [2.24, 2.45) is 4.99 Å². The van der Waals surface area contributed by atoms with Crippen LogP contribution in [0.1, 0.15) is 24.0 Å². The minimum absolute atomic E-state index is 0.0262. The van der Waals surface area contributed by atoms with E-state index in [0.717, 1.165) is 23.4 Å². The SMILES string of the molecule is CCNCC(=O)N(C)c1ccc(N=C(c2ccccc2)C2C(=O)Nc3cc(OC)c(OC)cc32)cc1. The summed E-state index contributed by atoms with van der Waals surface area (Å²) in [5.41, 5.74) is 4.32. The second-order valence-corrected chi connectivity index (χ2v) is 8.33. The number of anilines is 2. The molecular weight excluding hydrogens is 456 g/mol. The summed E-state index contributed by atoms with van der Waals surface area (Å²) >= 11 is 0. The van der Waals surface area contributed by atoms with Gasteiger partial charge in [-0.05, 0) is 48.0 Å². The van der Waals surface area contributed by atoms with E-state index in [1.165, 1.54) is 0 Å². The topological polar surface area (TPSA) is 92.3 Å². The molecule has 0 aliphatic carbocycles. The molecule has 8 heteroatoms. The highest BCUT2D eigenvalue weighted by atomic mass is 16.5. The standard InChI is InChI=1S/C28H30N4O4/c1-5-29-17-25(33)32(2)20-13-11-19(12-14-20)30-27(18-9-7-6-8-10-18)26-21-15-23(35-3)24(36-4)16-22(21)31-28(26)34/h6-16,26,29H,5,17H2,1-4H3,(H,31,34). The van der Waals surface area contributed by atoms with Gasteiger partial charge in [0.15, 0.2) is 11.5 Å². The van der Waals surface area contributed by atoms with E-state index in [1.54, 1.807) is 32.2 Å². The summed E-state index contributed by atoms with van der Waals surface area (Å²) in [7, 11) is 4.87. The summed E-state index contributed by atoms with van der Waals surface area (Å²) in [5, 5.41) is 6.00. The summed E-state index contributed by atoms with van der Waals surface area (Å²) in [6, 6.07) is 20.6. The van der Waals surface area contributed by atoms with Crippen LogP contribution in [0.4, 0.5) is 17.1 Å². The van der Waals surface area contributed by atoms with Crippen LogP contribution in [-0.2, 0) is 9.59 Å². The molecule has 8 nitrogen and oxygen atoms in total. The van der Waals surface area contributed by atoms with Gasteiger partial charge in [-0.15, -0.1) is 0 Å². The van der Waals surface area contributed by atoms with Gasteiger partial charge in [-0.1, -0.05) is 37.3 Å². The number of rotatable bonds is 9. The van der Waals surface area contributed by atoms with E-state index in [2.05, 4.69) is 10.6 Å². The largest absolute Gasteiger partial charge is 0.493 e. The Morgan fingerprint density at radius 2 is 1.69 bits per heavy atom. The van der Waals surface area contributed by atoms with Crippen LogP contribution in [0.3, 0.4) is 0 Å². The third-order valence-electron chi connectivity index (χ3n) is 6.12. The van der Waals surface area contributed by atoms with Crippen molar-refractivity contribution in [3.63, 3.8) is 0 Å². The van der Waals surface area contributed by atoms with Crippen LogP contribution in [-0.4, -0.2) is 51.9 Å². The zero-order valence-corrected chi connectivity index (χ0v) is 20.9. The van der Waals surface area contributed by atoms with Gasteiger partial charge >= 0.3 is 0 Å². The molecule has 2 amide bonds. The molecule has 186 valence electrons. The molecule has 0 spiro atoms. The minimum Gasteiger partial charge on any atom is -0.493 e. The molecule has 0 saturated heterocycles. The van der Waals surface area contributed by atoms with E-state index in [-0.39, 0.29) is 18.4 Å². The molecule has 1 aliphatic rings. The quantitative estimate of drug-likeness (QED) is 0.444. The van der Waals surface area contributed by atoms with Crippen molar-refractivity contribution in [3.05, 3.63) is 77.9 Å². The molecule has 1 heterocycles. The second kappa shape index (κ2) is 11.0. The monoisotopic (exact) mass is 486 g/mol. The fourth-order valence-electron chi connectivity index (χ4n) is 4.15. The Morgan fingerprint density at radius 1 is 1.03 bits per heavy atom. The van der Waals surface area contributed by atoms with Crippen LogP contribution in [0.5, 0.6) is 11.5 Å². The molecule has 4 rings (SSSR count). The highest BCUT2D eigenvalue weighted by Crippen LogP contribution is 2.42. The molecule has 1 aliphatic heterocycles. The molecule has 3 aromatic carbocycles. The van der Waals surface area contributed by atoms with Crippen LogP contribution in [0.15, 0.2) is 71.7 Å². The van der Waals surface area contributed by atoms with Gasteiger partial charge in [0.1, 0.15) is 5.92 Å². The van der Waals surface area contributed by atoms with Crippen molar-refractivity contribution < 1.29 is 19.1 Å². The number of methoxy groups -OCH3 is 2. The predicted molar refractivity (Wildman–Crippen MR) is 142 cm³/mol. The van der Waals surface area contributed by atoms with Gasteiger partial charge in [0, 0.05) is 24.5 Å². The van der Waals surface area contributed by atoms with Crippen molar-refractivity contribution in [2.45, 2.75) is 12.8 Å². The van der Waals surface area contributed by atoms with Crippen molar-refractivity contribution in [2.75, 3.05) is 44.6 Å². The van der Waals surface area contributed by atoms with Crippen molar-refractivity contribution in [3.8, 4) is 11.5 Å². The molecular formula is C28H30N4O4. The Labute approximate surface area is 210 Å². The Hall–Kier alpha value is -4.17. The molecule has 0 aromatic heterocycles. The minimum atomic E-state index is -0.633. The summed E-state index contributed by atoms with van der Waals surface area (Å²) in [4.78, 5) is 32.1. The van der Waals surface area contributed by atoms with E-state index < -0.39 is 5.92 Å². The molecule has 0 bridgehead atoms. The first-order chi connectivity index (χ1) is 17.5. The van der Waals surface area contributed by atoms with Crippen LogP contribution in [0.25, 0.3) is 0 Å². The van der Waals surface area contributed by atoms with Crippen molar-refractivity contribution >= 4 is 34.6 Å². The number of hydrogen-bond acceptors (Lipinski definition) is 6. The molecule has 3 aromatic rings. The maximum Gasteiger partial charge on any atom is 0.240 e. The number of amides is 2. The fourth-order valence-corrected chi connectivity index (χ4v) is 4.15.